The van der Waals surface area contributed by atoms with E-state index in [-0.39, 0.29) is 24.1 Å². The maximum atomic E-state index is 13.2. The standard InChI is InChI=1S/C24H29Cl3N2O2S/c1-3-5-11-28-24(31)22(4-2)29(14-17-9-10-20(26)21(27)13-17)23(30)16-32-15-18-7-6-8-19(25)12-18/h6-10,12-13,22H,3-5,11,14-16H2,1-2H3,(H,28,31)/t22-/m0/s1. The molecular weight excluding hydrogens is 487 g/mol. The molecule has 0 spiro atoms. The topological polar surface area (TPSA) is 49.4 Å². The molecule has 0 aliphatic heterocycles. The molecule has 0 radical (unpaired) electrons. The molecular formula is C24H29Cl3N2O2S. The summed E-state index contributed by atoms with van der Waals surface area (Å²) in [4.78, 5) is 27.7. The van der Waals surface area contributed by atoms with Crippen molar-refractivity contribution in [1.82, 2.24) is 10.2 Å². The number of carbonyl (C=O) groups is 2. The second-order valence-electron chi connectivity index (χ2n) is 7.46. The minimum absolute atomic E-state index is 0.0967. The molecule has 4 nitrogen and oxygen atoms in total. The average Bonchev–Trinajstić information content (AvgIpc) is 2.76. The molecule has 2 rings (SSSR count). The first-order valence-electron chi connectivity index (χ1n) is 10.7. The number of nitrogens with zero attached hydrogens (tertiary/aromatic N) is 1. The van der Waals surface area contributed by atoms with Gasteiger partial charge >= 0.3 is 0 Å². The van der Waals surface area contributed by atoms with E-state index in [1.807, 2.05) is 37.3 Å². The van der Waals surface area contributed by atoms with Crippen LogP contribution < -0.4 is 5.32 Å². The van der Waals surface area contributed by atoms with E-state index < -0.39 is 6.04 Å². The third-order valence-corrected chi connectivity index (χ3v) is 6.90. The molecule has 2 aromatic rings. The minimum Gasteiger partial charge on any atom is -0.354 e. The molecule has 0 aliphatic rings. The van der Waals surface area contributed by atoms with Crippen molar-refractivity contribution in [2.24, 2.45) is 0 Å². The Morgan fingerprint density at radius 1 is 1.03 bits per heavy atom. The van der Waals surface area contributed by atoms with E-state index in [0.717, 1.165) is 24.0 Å². The van der Waals surface area contributed by atoms with Crippen LogP contribution in [0.4, 0.5) is 0 Å². The summed E-state index contributed by atoms with van der Waals surface area (Å²) in [6.07, 6.45) is 2.41. The third kappa shape index (κ3) is 8.51. The highest BCUT2D eigenvalue weighted by molar-refractivity contribution is 7.99. The average molecular weight is 516 g/mol. The summed E-state index contributed by atoms with van der Waals surface area (Å²) < 4.78 is 0. The van der Waals surface area contributed by atoms with Crippen molar-refractivity contribution in [3.63, 3.8) is 0 Å². The van der Waals surface area contributed by atoms with Crippen molar-refractivity contribution in [3.05, 3.63) is 68.7 Å². The van der Waals surface area contributed by atoms with Gasteiger partial charge in [-0.3, -0.25) is 9.59 Å². The second kappa shape index (κ2) is 14.0. The zero-order chi connectivity index (χ0) is 23.5. The summed E-state index contributed by atoms with van der Waals surface area (Å²) in [5.74, 6) is 0.689. The van der Waals surface area contributed by atoms with E-state index in [0.29, 0.717) is 33.8 Å². The molecule has 8 heteroatoms. The summed E-state index contributed by atoms with van der Waals surface area (Å²) >= 11 is 19.8. The molecule has 32 heavy (non-hydrogen) atoms. The number of thioether (sulfide) groups is 1. The molecule has 1 atom stereocenters. The predicted octanol–water partition coefficient (Wildman–Crippen LogP) is 6.60. The molecule has 0 saturated carbocycles. The fraction of sp³-hybridized carbons (Fsp3) is 0.417. The molecule has 0 fully saturated rings. The van der Waals surface area contributed by atoms with Gasteiger partial charge in [-0.2, -0.15) is 0 Å². The van der Waals surface area contributed by atoms with Crippen LogP contribution in [0.15, 0.2) is 42.5 Å². The lowest BCUT2D eigenvalue weighted by molar-refractivity contribution is -0.139. The van der Waals surface area contributed by atoms with Crippen LogP contribution in [0.3, 0.4) is 0 Å². The number of nitrogens with one attached hydrogen (secondary N) is 1. The third-order valence-electron chi connectivity index (χ3n) is 4.94. The predicted molar refractivity (Wildman–Crippen MR) is 137 cm³/mol. The quantitative estimate of drug-likeness (QED) is 0.324. The maximum absolute atomic E-state index is 13.2. The Kier molecular flexibility index (Phi) is 11.7. The molecule has 0 aliphatic carbocycles. The SMILES string of the molecule is CCCCNC(=O)[C@H](CC)N(Cc1ccc(Cl)c(Cl)c1)C(=O)CSCc1cccc(Cl)c1. The van der Waals surface area contributed by atoms with Crippen LogP contribution in [0, 0.1) is 0 Å². The van der Waals surface area contributed by atoms with Crippen LogP contribution in [0.25, 0.3) is 0 Å². The van der Waals surface area contributed by atoms with Crippen LogP contribution in [0.1, 0.15) is 44.2 Å². The van der Waals surface area contributed by atoms with E-state index >= 15 is 0 Å². The Bertz CT molecular complexity index is 911. The summed E-state index contributed by atoms with van der Waals surface area (Å²) in [7, 11) is 0. The van der Waals surface area contributed by atoms with Gasteiger partial charge in [0.1, 0.15) is 6.04 Å². The molecule has 0 bridgehead atoms. The number of hydrogen-bond donors (Lipinski definition) is 1. The number of amides is 2. The van der Waals surface area contributed by atoms with Gasteiger partial charge in [-0.25, -0.2) is 0 Å². The van der Waals surface area contributed by atoms with Crippen molar-refractivity contribution in [3.8, 4) is 0 Å². The van der Waals surface area contributed by atoms with Crippen molar-refractivity contribution >= 4 is 58.4 Å². The van der Waals surface area contributed by atoms with E-state index in [2.05, 4.69) is 12.2 Å². The van der Waals surface area contributed by atoms with Crippen LogP contribution >= 0.6 is 46.6 Å². The van der Waals surface area contributed by atoms with E-state index in [4.69, 9.17) is 34.8 Å². The van der Waals surface area contributed by atoms with Gasteiger partial charge < -0.3 is 10.2 Å². The van der Waals surface area contributed by atoms with Gasteiger partial charge in [0.2, 0.25) is 11.8 Å². The zero-order valence-corrected chi connectivity index (χ0v) is 21.5. The van der Waals surface area contributed by atoms with Crippen molar-refractivity contribution in [2.75, 3.05) is 12.3 Å². The molecule has 0 unspecified atom stereocenters. The first-order valence-corrected chi connectivity index (χ1v) is 13.0. The van der Waals surface area contributed by atoms with Crippen molar-refractivity contribution < 1.29 is 9.59 Å². The first kappa shape index (κ1) is 26.8. The molecule has 0 aromatic heterocycles. The van der Waals surface area contributed by atoms with Crippen LogP contribution in [-0.2, 0) is 21.9 Å². The first-order chi connectivity index (χ1) is 15.3. The Hall–Kier alpha value is -1.40. The summed E-state index contributed by atoms with van der Waals surface area (Å²) in [5.41, 5.74) is 1.88. The molecule has 2 aromatic carbocycles. The van der Waals surface area contributed by atoms with Gasteiger partial charge in [0.25, 0.3) is 0 Å². The highest BCUT2D eigenvalue weighted by atomic mass is 35.5. The Morgan fingerprint density at radius 3 is 2.47 bits per heavy atom. The van der Waals surface area contributed by atoms with Crippen molar-refractivity contribution in [2.45, 2.75) is 51.4 Å². The minimum atomic E-state index is -0.555. The van der Waals surface area contributed by atoms with Gasteiger partial charge in [0, 0.05) is 23.9 Å². The molecule has 0 saturated heterocycles. The number of unbranched alkanes of at least 4 members (excludes halogenated alkanes) is 1. The lowest BCUT2D eigenvalue weighted by Gasteiger charge is -2.30. The van der Waals surface area contributed by atoms with Gasteiger partial charge in [-0.15, -0.1) is 11.8 Å². The van der Waals surface area contributed by atoms with Gasteiger partial charge in [-0.05, 0) is 48.2 Å². The smallest absolute Gasteiger partial charge is 0.242 e. The maximum Gasteiger partial charge on any atom is 0.242 e. The van der Waals surface area contributed by atoms with Gasteiger partial charge in [0.05, 0.1) is 15.8 Å². The number of halogens is 3. The lowest BCUT2D eigenvalue weighted by Crippen LogP contribution is -2.49. The monoisotopic (exact) mass is 514 g/mol. The van der Waals surface area contributed by atoms with Crippen LogP contribution in [-0.4, -0.2) is 35.1 Å². The Balaban J connectivity index is 2.13. The fourth-order valence-corrected chi connectivity index (χ4v) is 4.62. The van der Waals surface area contributed by atoms with Gasteiger partial charge in [-0.1, -0.05) is 73.3 Å². The van der Waals surface area contributed by atoms with Crippen molar-refractivity contribution in [1.29, 1.82) is 0 Å². The van der Waals surface area contributed by atoms with E-state index in [1.54, 1.807) is 17.0 Å². The normalized spacial score (nSPS) is 11.8. The van der Waals surface area contributed by atoms with Crippen LogP contribution in [0.5, 0.6) is 0 Å². The Labute approximate surface area is 210 Å². The largest absolute Gasteiger partial charge is 0.354 e. The summed E-state index contributed by atoms with van der Waals surface area (Å²) in [5, 5.41) is 4.51. The number of benzene rings is 2. The molecule has 174 valence electrons. The number of carbonyl (C=O) groups excluding carboxylic acids is 2. The number of hydrogen-bond acceptors (Lipinski definition) is 3. The second-order valence-corrected chi connectivity index (χ2v) is 9.70. The van der Waals surface area contributed by atoms with Crippen LogP contribution in [0.2, 0.25) is 15.1 Å². The zero-order valence-electron chi connectivity index (χ0n) is 18.4. The molecule has 1 N–H and O–H groups in total. The van der Waals surface area contributed by atoms with E-state index in [1.165, 1.54) is 11.8 Å². The molecule has 2 amide bonds. The van der Waals surface area contributed by atoms with E-state index in [9.17, 15) is 9.59 Å². The lowest BCUT2D eigenvalue weighted by atomic mass is 10.1. The number of rotatable bonds is 12. The highest BCUT2D eigenvalue weighted by Crippen LogP contribution is 2.25. The summed E-state index contributed by atoms with van der Waals surface area (Å²) in [6.45, 7) is 4.87. The van der Waals surface area contributed by atoms with Gasteiger partial charge in [0.15, 0.2) is 0 Å². The highest BCUT2D eigenvalue weighted by Gasteiger charge is 2.28. The molecule has 0 heterocycles. The summed E-state index contributed by atoms with van der Waals surface area (Å²) in [6, 6.07) is 12.3. The Morgan fingerprint density at radius 2 is 1.81 bits per heavy atom. The fourth-order valence-electron chi connectivity index (χ4n) is 3.23.